The predicted molar refractivity (Wildman–Crippen MR) is 82.6 cm³/mol. The fraction of sp³-hybridized carbons (Fsp3) is 0.235. The number of fused-ring (bicyclic) bond motifs is 1. The molecule has 6 heteroatoms. The monoisotopic (exact) mass is 320 g/mol. The molecule has 0 spiro atoms. The molecule has 3 rings (SSSR count). The van der Waals surface area contributed by atoms with Crippen LogP contribution in [-0.4, -0.2) is 12.5 Å². The van der Waals surface area contributed by atoms with E-state index in [0.29, 0.717) is 11.3 Å². The van der Waals surface area contributed by atoms with Gasteiger partial charge in [0.15, 0.2) is 0 Å². The van der Waals surface area contributed by atoms with E-state index in [1.807, 2.05) is 12.1 Å². The summed E-state index contributed by atoms with van der Waals surface area (Å²) in [5, 5.41) is 5.86. The van der Waals surface area contributed by atoms with E-state index in [-0.39, 0.29) is 5.91 Å². The van der Waals surface area contributed by atoms with Gasteiger partial charge >= 0.3 is 6.18 Å². The Morgan fingerprint density at radius 1 is 1.09 bits per heavy atom. The molecule has 3 nitrogen and oxygen atoms in total. The van der Waals surface area contributed by atoms with E-state index in [0.717, 1.165) is 42.8 Å². The average molecular weight is 320 g/mol. The molecule has 2 N–H and O–H groups in total. The number of hydrogen-bond acceptors (Lipinski definition) is 2. The second-order valence-corrected chi connectivity index (χ2v) is 5.40. The zero-order chi connectivity index (χ0) is 16.4. The lowest BCUT2D eigenvalue weighted by Crippen LogP contribution is -2.19. The highest BCUT2D eigenvalue weighted by Gasteiger charge is 2.30. The normalized spacial score (nSPS) is 13.9. The smallest absolute Gasteiger partial charge is 0.384 e. The molecule has 0 aromatic heterocycles. The van der Waals surface area contributed by atoms with Crippen molar-refractivity contribution in [2.24, 2.45) is 0 Å². The summed E-state index contributed by atoms with van der Waals surface area (Å²) in [5.74, 6) is -0.337. The molecule has 23 heavy (non-hydrogen) atoms. The first-order valence-electron chi connectivity index (χ1n) is 7.29. The van der Waals surface area contributed by atoms with Crippen molar-refractivity contribution in [3.05, 3.63) is 59.2 Å². The number of alkyl halides is 3. The summed E-state index contributed by atoms with van der Waals surface area (Å²) in [6.07, 6.45) is -2.47. The molecular weight excluding hydrogens is 305 g/mol. The lowest BCUT2D eigenvalue weighted by Gasteiger charge is -2.20. The first kappa shape index (κ1) is 15.4. The number of aryl methyl sites for hydroxylation is 1. The van der Waals surface area contributed by atoms with Crippen LogP contribution < -0.4 is 10.6 Å². The average Bonchev–Trinajstić information content (AvgIpc) is 2.54. The molecule has 1 aliphatic rings. The Bertz CT molecular complexity index is 724. The molecule has 0 bridgehead atoms. The number of carbonyl (C=O) groups excluding carboxylic acids is 1. The molecule has 120 valence electrons. The summed E-state index contributed by atoms with van der Waals surface area (Å²) >= 11 is 0. The third-order valence-corrected chi connectivity index (χ3v) is 3.79. The number of para-hydroxylation sites is 1. The van der Waals surface area contributed by atoms with Gasteiger partial charge in [-0.05, 0) is 48.7 Å². The van der Waals surface area contributed by atoms with Crippen LogP contribution in [0.4, 0.5) is 24.5 Å². The summed E-state index contributed by atoms with van der Waals surface area (Å²) in [6, 6.07) is 9.90. The van der Waals surface area contributed by atoms with Gasteiger partial charge in [-0.2, -0.15) is 13.2 Å². The summed E-state index contributed by atoms with van der Waals surface area (Å²) in [6.45, 7) is 0.803. The summed E-state index contributed by atoms with van der Waals surface area (Å²) in [4.78, 5) is 12.4. The highest BCUT2D eigenvalue weighted by Crippen LogP contribution is 2.30. The van der Waals surface area contributed by atoms with Crippen molar-refractivity contribution >= 4 is 17.3 Å². The Hall–Kier alpha value is -2.50. The molecular formula is C17H15F3N2O. The van der Waals surface area contributed by atoms with Crippen molar-refractivity contribution in [2.45, 2.75) is 19.0 Å². The van der Waals surface area contributed by atoms with Crippen molar-refractivity contribution in [1.29, 1.82) is 0 Å². The fourth-order valence-corrected chi connectivity index (χ4v) is 2.64. The molecule has 0 radical (unpaired) electrons. The van der Waals surface area contributed by atoms with E-state index in [9.17, 15) is 18.0 Å². The van der Waals surface area contributed by atoms with Crippen LogP contribution in [-0.2, 0) is 12.6 Å². The van der Waals surface area contributed by atoms with Gasteiger partial charge in [0.05, 0.1) is 16.8 Å². The van der Waals surface area contributed by atoms with Gasteiger partial charge in [-0.3, -0.25) is 4.79 Å². The summed E-state index contributed by atoms with van der Waals surface area (Å²) < 4.78 is 37.6. The summed E-state index contributed by atoms with van der Waals surface area (Å²) in [5.41, 5.74) is 1.98. The molecule has 0 fully saturated rings. The minimum absolute atomic E-state index is 0.330. The SMILES string of the molecule is O=C(Nc1ccc(C(F)(F)F)cc1)c1cccc2c1NCCC2. The Balaban J connectivity index is 1.80. The van der Waals surface area contributed by atoms with E-state index in [4.69, 9.17) is 0 Å². The highest BCUT2D eigenvalue weighted by atomic mass is 19.4. The maximum Gasteiger partial charge on any atom is 0.416 e. The second-order valence-electron chi connectivity index (χ2n) is 5.40. The maximum absolute atomic E-state index is 12.5. The standard InChI is InChI=1S/C17H15F3N2O/c18-17(19,20)12-6-8-13(9-7-12)22-16(23)14-5-1-3-11-4-2-10-21-15(11)14/h1,3,5-9,21H,2,4,10H2,(H,22,23). The quantitative estimate of drug-likeness (QED) is 0.865. The number of carbonyl (C=O) groups is 1. The van der Waals surface area contributed by atoms with Gasteiger partial charge in [-0.25, -0.2) is 0 Å². The molecule has 1 aliphatic heterocycles. The number of amides is 1. The molecule has 0 saturated carbocycles. The molecule has 2 aromatic rings. The van der Waals surface area contributed by atoms with Crippen LogP contribution in [0.3, 0.4) is 0 Å². The number of hydrogen-bond donors (Lipinski definition) is 2. The van der Waals surface area contributed by atoms with Gasteiger partial charge < -0.3 is 10.6 Å². The first-order chi connectivity index (χ1) is 10.9. The summed E-state index contributed by atoms with van der Waals surface area (Å²) in [7, 11) is 0. The highest BCUT2D eigenvalue weighted by molar-refractivity contribution is 6.08. The van der Waals surface area contributed by atoms with Gasteiger partial charge in [0.1, 0.15) is 0 Å². The number of nitrogens with one attached hydrogen (secondary N) is 2. The minimum Gasteiger partial charge on any atom is -0.384 e. The molecule has 1 heterocycles. The van der Waals surface area contributed by atoms with Crippen molar-refractivity contribution in [3.63, 3.8) is 0 Å². The maximum atomic E-state index is 12.5. The van der Waals surface area contributed by atoms with Crippen molar-refractivity contribution in [1.82, 2.24) is 0 Å². The Morgan fingerprint density at radius 2 is 1.83 bits per heavy atom. The lowest BCUT2D eigenvalue weighted by atomic mass is 9.99. The molecule has 2 aromatic carbocycles. The van der Waals surface area contributed by atoms with E-state index < -0.39 is 11.7 Å². The van der Waals surface area contributed by atoms with Crippen molar-refractivity contribution in [2.75, 3.05) is 17.2 Å². The van der Waals surface area contributed by atoms with Gasteiger partial charge in [0.2, 0.25) is 0 Å². The zero-order valence-corrected chi connectivity index (χ0v) is 12.2. The second kappa shape index (κ2) is 5.95. The van der Waals surface area contributed by atoms with E-state index >= 15 is 0 Å². The number of halogens is 3. The Labute approximate surface area is 131 Å². The van der Waals surface area contributed by atoms with Gasteiger partial charge in [0.25, 0.3) is 5.91 Å². The van der Waals surface area contributed by atoms with Crippen LogP contribution in [0.5, 0.6) is 0 Å². The third-order valence-electron chi connectivity index (χ3n) is 3.79. The van der Waals surface area contributed by atoms with Crippen LogP contribution >= 0.6 is 0 Å². The van der Waals surface area contributed by atoms with Crippen molar-refractivity contribution in [3.8, 4) is 0 Å². The van der Waals surface area contributed by atoms with Crippen LogP contribution in [0.15, 0.2) is 42.5 Å². The van der Waals surface area contributed by atoms with Gasteiger partial charge in [-0.15, -0.1) is 0 Å². The van der Waals surface area contributed by atoms with E-state index in [2.05, 4.69) is 10.6 Å². The molecule has 0 unspecified atom stereocenters. The van der Waals surface area contributed by atoms with E-state index in [1.165, 1.54) is 12.1 Å². The zero-order valence-electron chi connectivity index (χ0n) is 12.2. The largest absolute Gasteiger partial charge is 0.416 e. The fourth-order valence-electron chi connectivity index (χ4n) is 2.64. The molecule has 0 saturated heterocycles. The van der Waals surface area contributed by atoms with Crippen LogP contribution in [0.1, 0.15) is 27.9 Å². The molecule has 1 amide bonds. The molecule has 0 atom stereocenters. The number of rotatable bonds is 2. The van der Waals surface area contributed by atoms with Crippen molar-refractivity contribution < 1.29 is 18.0 Å². The number of benzene rings is 2. The first-order valence-corrected chi connectivity index (χ1v) is 7.29. The predicted octanol–water partition coefficient (Wildman–Crippen LogP) is 4.32. The van der Waals surface area contributed by atoms with E-state index in [1.54, 1.807) is 6.07 Å². The van der Waals surface area contributed by atoms with Crippen LogP contribution in [0.25, 0.3) is 0 Å². The Morgan fingerprint density at radius 3 is 2.52 bits per heavy atom. The molecule has 0 aliphatic carbocycles. The van der Waals surface area contributed by atoms with Crippen LogP contribution in [0.2, 0.25) is 0 Å². The van der Waals surface area contributed by atoms with Gasteiger partial charge in [-0.1, -0.05) is 12.1 Å². The van der Waals surface area contributed by atoms with Crippen LogP contribution in [0, 0.1) is 0 Å². The topological polar surface area (TPSA) is 41.1 Å². The minimum atomic E-state index is -4.38. The Kier molecular flexibility index (Phi) is 3.98. The third kappa shape index (κ3) is 3.31. The van der Waals surface area contributed by atoms with Gasteiger partial charge in [0, 0.05) is 12.2 Å². The lowest BCUT2D eigenvalue weighted by molar-refractivity contribution is -0.137. The number of anilines is 2.